The number of esters is 1. The van der Waals surface area contributed by atoms with Gasteiger partial charge < -0.3 is 10.1 Å². The van der Waals surface area contributed by atoms with Crippen LogP contribution in [0.2, 0.25) is 0 Å². The van der Waals surface area contributed by atoms with E-state index < -0.39 is 12.0 Å². The fourth-order valence-corrected chi connectivity index (χ4v) is 2.92. The van der Waals surface area contributed by atoms with Crippen LogP contribution in [-0.4, -0.2) is 34.1 Å². The third-order valence-electron chi connectivity index (χ3n) is 3.59. The second-order valence-corrected chi connectivity index (χ2v) is 5.75. The van der Waals surface area contributed by atoms with Gasteiger partial charge >= 0.3 is 5.97 Å². The molecule has 1 N–H and O–H groups in total. The summed E-state index contributed by atoms with van der Waals surface area (Å²) in [6.07, 6.45) is 1.86. The summed E-state index contributed by atoms with van der Waals surface area (Å²) >= 11 is 1.39. The third-order valence-corrected chi connectivity index (χ3v) is 4.12. The van der Waals surface area contributed by atoms with Gasteiger partial charge in [-0.2, -0.15) is 4.98 Å². The highest BCUT2D eigenvalue weighted by Gasteiger charge is 2.34. The summed E-state index contributed by atoms with van der Waals surface area (Å²) in [5.41, 5.74) is 1.59. The quantitative estimate of drug-likeness (QED) is 0.687. The Morgan fingerprint density at radius 2 is 2.26 bits per heavy atom. The number of hydrogen-bond acceptors (Lipinski definition) is 6. The summed E-state index contributed by atoms with van der Waals surface area (Å²) in [5.74, 6) is -0.362. The molecule has 6 nitrogen and oxygen atoms in total. The van der Waals surface area contributed by atoms with Crippen molar-refractivity contribution in [2.45, 2.75) is 18.1 Å². The molecule has 0 spiro atoms. The fraction of sp³-hybridized carbons (Fsp3) is 0.267. The zero-order valence-corrected chi connectivity index (χ0v) is 13.6. The van der Waals surface area contributed by atoms with E-state index in [2.05, 4.69) is 15.4 Å². The lowest BCUT2D eigenvalue weighted by Gasteiger charge is -2.27. The van der Waals surface area contributed by atoms with E-state index >= 15 is 0 Å². The number of nitrogens with one attached hydrogen (secondary N) is 1. The molecule has 0 radical (unpaired) electrons. The molecule has 3 rings (SSSR count). The predicted molar refractivity (Wildman–Crippen MR) is 84.7 cm³/mol. The number of thioether (sulfide) groups is 1. The predicted octanol–water partition coefficient (Wildman–Crippen LogP) is 2.60. The molecule has 1 aromatic carbocycles. The van der Waals surface area contributed by atoms with Crippen molar-refractivity contribution in [3.63, 3.8) is 0 Å². The van der Waals surface area contributed by atoms with Crippen molar-refractivity contribution in [2.24, 2.45) is 0 Å². The lowest BCUT2D eigenvalue weighted by Crippen LogP contribution is -2.29. The van der Waals surface area contributed by atoms with Crippen LogP contribution in [0.4, 0.5) is 10.3 Å². The molecule has 120 valence electrons. The molecule has 1 aliphatic heterocycles. The Hall–Kier alpha value is -2.35. The summed E-state index contributed by atoms with van der Waals surface area (Å²) in [7, 11) is 1.31. The molecular weight excluding hydrogens is 319 g/mol. The van der Waals surface area contributed by atoms with Crippen molar-refractivity contribution >= 4 is 23.7 Å². The molecule has 0 amide bonds. The maximum Gasteiger partial charge on any atom is 0.338 e. The van der Waals surface area contributed by atoms with Gasteiger partial charge in [0.15, 0.2) is 0 Å². The molecule has 2 aromatic rings. The molecule has 1 unspecified atom stereocenters. The molecule has 0 saturated carbocycles. The number of nitrogens with zero attached hydrogens (tertiary/aromatic N) is 3. The van der Waals surface area contributed by atoms with Gasteiger partial charge in [0.05, 0.1) is 12.7 Å². The maximum absolute atomic E-state index is 13.7. The van der Waals surface area contributed by atoms with Crippen molar-refractivity contribution < 1.29 is 13.9 Å². The Morgan fingerprint density at radius 3 is 2.91 bits per heavy atom. The molecule has 1 atom stereocenters. The second-order valence-electron chi connectivity index (χ2n) is 4.98. The number of anilines is 1. The van der Waals surface area contributed by atoms with Gasteiger partial charge in [-0.05, 0) is 30.9 Å². The summed E-state index contributed by atoms with van der Waals surface area (Å²) in [6, 6.07) is 5.50. The SMILES string of the molecule is COC(=O)C1=C(C)Nc2nc(SC)nn2C1c1cccc(F)c1. The Morgan fingerprint density at radius 1 is 1.48 bits per heavy atom. The van der Waals surface area contributed by atoms with E-state index in [9.17, 15) is 9.18 Å². The first-order chi connectivity index (χ1) is 11.0. The zero-order valence-electron chi connectivity index (χ0n) is 12.8. The summed E-state index contributed by atoms with van der Waals surface area (Å²) in [4.78, 5) is 16.6. The van der Waals surface area contributed by atoms with Crippen LogP contribution in [0.1, 0.15) is 18.5 Å². The van der Waals surface area contributed by atoms with Gasteiger partial charge in [0, 0.05) is 5.70 Å². The summed E-state index contributed by atoms with van der Waals surface area (Å²) in [6.45, 7) is 1.76. The average Bonchev–Trinajstić information content (AvgIpc) is 2.95. The second kappa shape index (κ2) is 6.04. The van der Waals surface area contributed by atoms with Crippen LogP contribution in [0.3, 0.4) is 0 Å². The smallest absolute Gasteiger partial charge is 0.338 e. The molecular formula is C15H15FN4O2S. The Kier molecular flexibility index (Phi) is 4.08. The van der Waals surface area contributed by atoms with Gasteiger partial charge in [0.25, 0.3) is 0 Å². The number of allylic oxidation sites excluding steroid dienone is 1. The molecule has 1 aliphatic rings. The minimum Gasteiger partial charge on any atom is -0.466 e. The number of rotatable bonds is 3. The monoisotopic (exact) mass is 334 g/mol. The highest BCUT2D eigenvalue weighted by molar-refractivity contribution is 7.98. The zero-order chi connectivity index (χ0) is 16.6. The van der Waals surface area contributed by atoms with Crippen molar-refractivity contribution in [1.29, 1.82) is 0 Å². The first-order valence-corrected chi connectivity index (χ1v) is 8.09. The third kappa shape index (κ3) is 2.70. The first kappa shape index (κ1) is 15.5. The Labute approximate surface area is 136 Å². The van der Waals surface area contributed by atoms with Crippen molar-refractivity contribution in [3.05, 3.63) is 46.9 Å². The van der Waals surface area contributed by atoms with E-state index in [0.29, 0.717) is 27.9 Å². The number of hydrogen-bond donors (Lipinski definition) is 1. The van der Waals surface area contributed by atoms with E-state index in [1.165, 1.54) is 31.0 Å². The molecule has 8 heteroatoms. The largest absolute Gasteiger partial charge is 0.466 e. The minimum absolute atomic E-state index is 0.378. The van der Waals surface area contributed by atoms with Gasteiger partial charge in [0.2, 0.25) is 11.1 Å². The number of fused-ring (bicyclic) bond motifs is 1. The Bertz CT molecular complexity index is 803. The van der Waals surface area contributed by atoms with E-state index in [-0.39, 0.29) is 5.82 Å². The van der Waals surface area contributed by atoms with Gasteiger partial charge in [-0.1, -0.05) is 23.9 Å². The van der Waals surface area contributed by atoms with Gasteiger partial charge in [-0.25, -0.2) is 13.9 Å². The van der Waals surface area contributed by atoms with Crippen LogP contribution in [0.25, 0.3) is 0 Å². The molecule has 1 aromatic heterocycles. The molecule has 0 bridgehead atoms. The van der Waals surface area contributed by atoms with E-state index in [1.54, 1.807) is 23.7 Å². The number of aromatic nitrogens is 3. The highest BCUT2D eigenvalue weighted by Crippen LogP contribution is 2.36. The van der Waals surface area contributed by atoms with Crippen LogP contribution in [0.5, 0.6) is 0 Å². The lowest BCUT2D eigenvalue weighted by atomic mass is 9.96. The Balaban J connectivity index is 2.21. The highest BCUT2D eigenvalue weighted by atomic mass is 32.2. The van der Waals surface area contributed by atoms with Crippen molar-refractivity contribution in [2.75, 3.05) is 18.7 Å². The lowest BCUT2D eigenvalue weighted by molar-refractivity contribution is -0.136. The van der Waals surface area contributed by atoms with Crippen molar-refractivity contribution in [1.82, 2.24) is 14.8 Å². The number of carbonyl (C=O) groups is 1. The standard InChI is InChI=1S/C15H15FN4O2S/c1-8-11(13(21)22-2)12(9-5-4-6-10(16)7-9)20-14(17-8)18-15(19-20)23-3/h4-7,12H,1-3H3,(H,17,18,19). The summed E-state index contributed by atoms with van der Waals surface area (Å²) < 4.78 is 20.2. The number of ether oxygens (including phenoxy) is 1. The van der Waals surface area contributed by atoms with E-state index in [1.807, 2.05) is 6.26 Å². The van der Waals surface area contributed by atoms with E-state index in [4.69, 9.17) is 4.74 Å². The van der Waals surface area contributed by atoms with Gasteiger partial charge in [0.1, 0.15) is 11.9 Å². The van der Waals surface area contributed by atoms with Gasteiger partial charge in [-0.3, -0.25) is 0 Å². The number of methoxy groups -OCH3 is 1. The maximum atomic E-state index is 13.7. The van der Waals surface area contributed by atoms with Crippen LogP contribution in [0.15, 0.2) is 40.7 Å². The minimum atomic E-state index is -0.595. The van der Waals surface area contributed by atoms with Gasteiger partial charge in [-0.15, -0.1) is 5.10 Å². The number of halogens is 1. The average molecular weight is 334 g/mol. The molecule has 2 heterocycles. The molecule has 0 saturated heterocycles. The van der Waals surface area contributed by atoms with E-state index in [0.717, 1.165) is 0 Å². The topological polar surface area (TPSA) is 69.0 Å². The van der Waals surface area contributed by atoms with Crippen LogP contribution in [-0.2, 0) is 9.53 Å². The first-order valence-electron chi connectivity index (χ1n) is 6.87. The molecule has 0 fully saturated rings. The number of benzene rings is 1. The van der Waals surface area contributed by atoms with Crippen molar-refractivity contribution in [3.8, 4) is 0 Å². The van der Waals surface area contributed by atoms with Crippen LogP contribution < -0.4 is 5.32 Å². The number of carbonyl (C=O) groups excluding carboxylic acids is 1. The fourth-order valence-electron chi connectivity index (χ4n) is 2.58. The normalized spacial score (nSPS) is 16.8. The summed E-state index contributed by atoms with van der Waals surface area (Å²) in [5, 5.41) is 8.02. The molecule has 23 heavy (non-hydrogen) atoms. The van der Waals surface area contributed by atoms with Crippen LogP contribution in [0, 0.1) is 5.82 Å². The van der Waals surface area contributed by atoms with Crippen LogP contribution >= 0.6 is 11.8 Å². The molecule has 0 aliphatic carbocycles.